The first kappa shape index (κ1) is 16.2. The van der Waals surface area contributed by atoms with Gasteiger partial charge in [-0.1, -0.05) is 11.8 Å². The van der Waals surface area contributed by atoms with Gasteiger partial charge in [0, 0.05) is 25.1 Å². The summed E-state index contributed by atoms with van der Waals surface area (Å²) in [4.78, 5) is 11.8. The number of carbonyl (C=O) groups excluding carboxylic acids is 1. The molecule has 0 aromatic heterocycles. The maximum atomic E-state index is 13.8. The molecule has 2 N–H and O–H groups in total. The fraction of sp³-hybridized carbons (Fsp3) is 0.400. The summed E-state index contributed by atoms with van der Waals surface area (Å²) in [5, 5.41) is 11.2. The maximum Gasteiger partial charge on any atom is 0.254 e. The van der Waals surface area contributed by atoms with Crippen LogP contribution in [-0.2, 0) is 4.74 Å². The van der Waals surface area contributed by atoms with E-state index in [2.05, 4.69) is 17.2 Å². The standard InChI is InChI=1S/C15H18FNO3/c1-11(10-20-2)17-15(19)13-7-6-12(9-14(13)16)5-3-4-8-18/h6-7,9,11,18H,4,8,10H2,1-2H3,(H,17,19). The highest BCUT2D eigenvalue weighted by Crippen LogP contribution is 2.10. The van der Waals surface area contributed by atoms with Crippen molar-refractivity contribution >= 4 is 5.91 Å². The Hall–Kier alpha value is -1.90. The van der Waals surface area contributed by atoms with E-state index in [0.717, 1.165) is 0 Å². The molecule has 108 valence electrons. The number of halogens is 1. The molecule has 20 heavy (non-hydrogen) atoms. The van der Waals surface area contributed by atoms with E-state index in [1.54, 1.807) is 13.0 Å². The van der Waals surface area contributed by atoms with E-state index < -0.39 is 11.7 Å². The predicted octanol–water partition coefficient (Wildman–Crippen LogP) is 1.32. The van der Waals surface area contributed by atoms with Crippen LogP contribution in [0.25, 0.3) is 0 Å². The van der Waals surface area contributed by atoms with Gasteiger partial charge in [0.15, 0.2) is 0 Å². The normalized spacial score (nSPS) is 11.4. The second kappa shape index (κ2) is 8.31. The van der Waals surface area contributed by atoms with Crippen LogP contribution in [0, 0.1) is 17.7 Å². The van der Waals surface area contributed by atoms with Crippen LogP contribution < -0.4 is 5.32 Å². The lowest BCUT2D eigenvalue weighted by molar-refractivity contribution is 0.0901. The maximum absolute atomic E-state index is 13.8. The fourth-order valence-corrected chi connectivity index (χ4v) is 1.59. The molecule has 1 amide bonds. The lowest BCUT2D eigenvalue weighted by atomic mass is 10.1. The summed E-state index contributed by atoms with van der Waals surface area (Å²) in [6.45, 7) is 2.10. The molecule has 0 aliphatic carbocycles. The molecule has 0 aliphatic heterocycles. The van der Waals surface area contributed by atoms with Crippen LogP contribution in [0.4, 0.5) is 4.39 Å². The Bertz CT molecular complexity index is 520. The van der Waals surface area contributed by atoms with Gasteiger partial charge in [0.25, 0.3) is 5.91 Å². The van der Waals surface area contributed by atoms with Gasteiger partial charge < -0.3 is 15.2 Å². The first-order valence-corrected chi connectivity index (χ1v) is 6.27. The summed E-state index contributed by atoms with van der Waals surface area (Å²) in [6, 6.07) is 3.98. The molecule has 0 bridgehead atoms. The zero-order valence-electron chi connectivity index (χ0n) is 11.6. The van der Waals surface area contributed by atoms with Crippen molar-refractivity contribution in [2.24, 2.45) is 0 Å². The van der Waals surface area contributed by atoms with Crippen LogP contribution >= 0.6 is 0 Å². The summed E-state index contributed by atoms with van der Waals surface area (Å²) in [7, 11) is 1.53. The van der Waals surface area contributed by atoms with Crippen molar-refractivity contribution < 1.29 is 19.0 Å². The van der Waals surface area contributed by atoms with Gasteiger partial charge in [0.05, 0.1) is 18.8 Å². The van der Waals surface area contributed by atoms with Crippen LogP contribution in [0.2, 0.25) is 0 Å². The molecule has 0 aliphatic rings. The van der Waals surface area contributed by atoms with E-state index in [9.17, 15) is 9.18 Å². The summed E-state index contributed by atoms with van der Waals surface area (Å²) in [6.07, 6.45) is 0.332. The Morgan fingerprint density at radius 1 is 1.55 bits per heavy atom. The molecule has 5 heteroatoms. The van der Waals surface area contributed by atoms with E-state index in [1.807, 2.05) is 0 Å². The topological polar surface area (TPSA) is 58.6 Å². The third-order valence-corrected chi connectivity index (χ3v) is 2.48. The average molecular weight is 279 g/mol. The van der Waals surface area contributed by atoms with Gasteiger partial charge in [0.2, 0.25) is 0 Å². The first-order valence-electron chi connectivity index (χ1n) is 6.27. The number of aliphatic hydroxyl groups excluding tert-OH is 1. The van der Waals surface area contributed by atoms with E-state index in [-0.39, 0.29) is 18.2 Å². The molecular weight excluding hydrogens is 261 g/mol. The van der Waals surface area contributed by atoms with Crippen molar-refractivity contribution in [2.75, 3.05) is 20.3 Å². The minimum absolute atomic E-state index is 0.0272. The third kappa shape index (κ3) is 5.00. The van der Waals surface area contributed by atoms with Crippen LogP contribution in [-0.4, -0.2) is 37.4 Å². The monoisotopic (exact) mass is 279 g/mol. The number of hydrogen-bond donors (Lipinski definition) is 2. The summed E-state index contributed by atoms with van der Waals surface area (Å²) in [5.74, 6) is 4.30. The highest BCUT2D eigenvalue weighted by molar-refractivity contribution is 5.94. The fourth-order valence-electron chi connectivity index (χ4n) is 1.59. The lowest BCUT2D eigenvalue weighted by Gasteiger charge is -2.13. The molecule has 4 nitrogen and oxygen atoms in total. The third-order valence-electron chi connectivity index (χ3n) is 2.48. The minimum Gasteiger partial charge on any atom is -0.395 e. The van der Waals surface area contributed by atoms with Crippen molar-refractivity contribution in [3.05, 3.63) is 35.1 Å². The molecule has 0 saturated heterocycles. The molecule has 1 aromatic rings. The zero-order valence-corrected chi connectivity index (χ0v) is 11.6. The van der Waals surface area contributed by atoms with Crippen LogP contribution in [0.3, 0.4) is 0 Å². The number of carbonyl (C=O) groups is 1. The molecule has 1 rings (SSSR count). The van der Waals surface area contributed by atoms with Crippen molar-refractivity contribution in [1.29, 1.82) is 0 Å². The molecule has 1 unspecified atom stereocenters. The van der Waals surface area contributed by atoms with Gasteiger partial charge in [-0.05, 0) is 25.1 Å². The van der Waals surface area contributed by atoms with Crippen molar-refractivity contribution in [3.8, 4) is 11.8 Å². The average Bonchev–Trinajstić information content (AvgIpc) is 2.39. The van der Waals surface area contributed by atoms with Gasteiger partial charge in [-0.15, -0.1) is 0 Å². The number of methoxy groups -OCH3 is 1. The van der Waals surface area contributed by atoms with Crippen LogP contribution in [0.15, 0.2) is 18.2 Å². The van der Waals surface area contributed by atoms with E-state index in [4.69, 9.17) is 9.84 Å². The Morgan fingerprint density at radius 3 is 2.90 bits per heavy atom. The first-order chi connectivity index (χ1) is 9.58. The second-order valence-electron chi connectivity index (χ2n) is 4.30. The zero-order chi connectivity index (χ0) is 15.0. The SMILES string of the molecule is COCC(C)NC(=O)c1ccc(C#CCCO)cc1F. The quantitative estimate of drug-likeness (QED) is 0.799. The molecule has 0 saturated carbocycles. The molecule has 0 fully saturated rings. The Balaban J connectivity index is 2.78. The number of benzene rings is 1. The molecule has 1 aromatic carbocycles. The molecule has 0 spiro atoms. The number of ether oxygens (including phenoxy) is 1. The molecular formula is C15H18FNO3. The van der Waals surface area contributed by atoms with Gasteiger partial charge in [-0.2, -0.15) is 0 Å². The van der Waals surface area contributed by atoms with Gasteiger partial charge >= 0.3 is 0 Å². The van der Waals surface area contributed by atoms with Crippen LogP contribution in [0.1, 0.15) is 29.3 Å². The Labute approximate surface area is 117 Å². The minimum atomic E-state index is -0.622. The van der Waals surface area contributed by atoms with Crippen molar-refractivity contribution in [3.63, 3.8) is 0 Å². The largest absolute Gasteiger partial charge is 0.395 e. The highest BCUT2D eigenvalue weighted by Gasteiger charge is 2.14. The lowest BCUT2D eigenvalue weighted by Crippen LogP contribution is -2.36. The van der Waals surface area contributed by atoms with Crippen molar-refractivity contribution in [1.82, 2.24) is 5.32 Å². The number of nitrogens with one attached hydrogen (secondary N) is 1. The summed E-state index contributed by atoms with van der Waals surface area (Å²) < 4.78 is 18.7. The summed E-state index contributed by atoms with van der Waals surface area (Å²) in [5.41, 5.74) is 0.443. The smallest absolute Gasteiger partial charge is 0.254 e. The molecule has 0 heterocycles. The number of hydrogen-bond acceptors (Lipinski definition) is 3. The van der Waals surface area contributed by atoms with Gasteiger partial charge in [-0.25, -0.2) is 4.39 Å². The number of aliphatic hydroxyl groups is 1. The van der Waals surface area contributed by atoms with Gasteiger partial charge in [-0.3, -0.25) is 4.79 Å². The Kier molecular flexibility index (Phi) is 6.71. The van der Waals surface area contributed by atoms with Crippen LogP contribution in [0.5, 0.6) is 0 Å². The van der Waals surface area contributed by atoms with Crippen molar-refractivity contribution in [2.45, 2.75) is 19.4 Å². The Morgan fingerprint density at radius 2 is 2.30 bits per heavy atom. The van der Waals surface area contributed by atoms with E-state index >= 15 is 0 Å². The van der Waals surface area contributed by atoms with E-state index in [1.165, 1.54) is 19.2 Å². The predicted molar refractivity (Wildman–Crippen MR) is 73.8 cm³/mol. The number of rotatable bonds is 5. The molecule has 0 radical (unpaired) electrons. The second-order valence-corrected chi connectivity index (χ2v) is 4.30. The molecule has 1 atom stereocenters. The van der Waals surface area contributed by atoms with E-state index in [0.29, 0.717) is 18.6 Å². The number of amides is 1. The summed E-state index contributed by atoms with van der Waals surface area (Å²) >= 11 is 0. The highest BCUT2D eigenvalue weighted by atomic mass is 19.1. The van der Waals surface area contributed by atoms with Gasteiger partial charge in [0.1, 0.15) is 5.82 Å².